The Bertz CT molecular complexity index is 345. The largest absolute Gasteiger partial charge is 0.461 e. The lowest BCUT2D eigenvalue weighted by Crippen LogP contribution is -2.15. The van der Waals surface area contributed by atoms with E-state index in [1.54, 1.807) is 6.92 Å². The lowest BCUT2D eigenvalue weighted by molar-refractivity contribution is -0.130. The molecule has 4 nitrogen and oxygen atoms in total. The fraction of sp³-hybridized carbons (Fsp3) is 0.500. The number of carbonyl (C=O) groups is 1. The van der Waals surface area contributed by atoms with Crippen LogP contribution in [0.4, 0.5) is 13.2 Å². The molecule has 0 N–H and O–H groups in total. The first-order chi connectivity index (χ1) is 6.94. The highest BCUT2D eigenvalue weighted by molar-refractivity contribution is 5.88. The summed E-state index contributed by atoms with van der Waals surface area (Å²) in [6.45, 7) is 1.61. The van der Waals surface area contributed by atoms with E-state index in [4.69, 9.17) is 0 Å². The van der Waals surface area contributed by atoms with Crippen molar-refractivity contribution in [3.8, 4) is 0 Å². The number of oxazole rings is 1. The zero-order chi connectivity index (χ0) is 11.5. The van der Waals surface area contributed by atoms with Gasteiger partial charge >= 0.3 is 12.1 Å². The van der Waals surface area contributed by atoms with E-state index < -0.39 is 30.0 Å². The Morgan fingerprint density at radius 3 is 2.80 bits per heavy atom. The molecule has 1 aromatic heterocycles. The maximum Gasteiger partial charge on any atom is 0.396 e. The van der Waals surface area contributed by atoms with Gasteiger partial charge in [-0.1, -0.05) is 0 Å². The molecule has 0 bridgehead atoms. The molecule has 0 aliphatic heterocycles. The Labute approximate surface area is 83.0 Å². The second-order valence-electron chi connectivity index (χ2n) is 2.64. The normalized spacial score (nSPS) is 11.5. The quantitative estimate of drug-likeness (QED) is 0.735. The molecule has 1 rings (SSSR count). The summed E-state index contributed by atoms with van der Waals surface area (Å²) in [7, 11) is 0. The van der Waals surface area contributed by atoms with Crippen LogP contribution in [0.25, 0.3) is 0 Å². The van der Waals surface area contributed by atoms with Gasteiger partial charge in [0.05, 0.1) is 6.61 Å². The average Bonchev–Trinajstić information content (AvgIpc) is 2.49. The Hall–Kier alpha value is -1.53. The molecule has 0 unspecified atom stereocenters. The predicted octanol–water partition coefficient (Wildman–Crippen LogP) is 1.96. The number of rotatable bonds is 3. The molecule has 15 heavy (non-hydrogen) atoms. The molecular weight excluding hydrogens is 215 g/mol. The average molecular weight is 223 g/mol. The smallest absolute Gasteiger partial charge is 0.396 e. The van der Waals surface area contributed by atoms with Crippen LogP contribution in [0.2, 0.25) is 0 Å². The van der Waals surface area contributed by atoms with Crippen molar-refractivity contribution >= 4 is 5.97 Å². The van der Waals surface area contributed by atoms with E-state index >= 15 is 0 Å². The Balaban J connectivity index is 2.82. The molecule has 0 saturated heterocycles. The van der Waals surface area contributed by atoms with Crippen LogP contribution < -0.4 is 0 Å². The molecule has 0 aliphatic rings. The molecule has 0 aliphatic carbocycles. The van der Waals surface area contributed by atoms with Crippen molar-refractivity contribution in [1.82, 2.24) is 4.98 Å². The third-order valence-electron chi connectivity index (χ3n) is 1.47. The topological polar surface area (TPSA) is 52.3 Å². The maximum atomic E-state index is 12.0. The molecule has 84 valence electrons. The van der Waals surface area contributed by atoms with Crippen LogP contribution in [-0.2, 0) is 11.2 Å². The van der Waals surface area contributed by atoms with E-state index in [9.17, 15) is 18.0 Å². The van der Waals surface area contributed by atoms with Gasteiger partial charge in [-0.25, -0.2) is 9.78 Å². The van der Waals surface area contributed by atoms with Crippen LogP contribution in [0, 0.1) is 0 Å². The number of ether oxygens (including phenoxy) is 1. The number of aromatic nitrogens is 1. The minimum absolute atomic E-state index is 0.0666. The lowest BCUT2D eigenvalue weighted by Gasteiger charge is -2.04. The summed E-state index contributed by atoms with van der Waals surface area (Å²) >= 11 is 0. The SMILES string of the molecule is CCOC(=O)c1ncoc1CC(F)(F)F. The molecule has 7 heteroatoms. The summed E-state index contributed by atoms with van der Waals surface area (Å²) < 4.78 is 45.0. The van der Waals surface area contributed by atoms with E-state index in [1.165, 1.54) is 0 Å². The lowest BCUT2D eigenvalue weighted by atomic mass is 10.2. The molecule has 0 radical (unpaired) electrons. The molecule has 0 aromatic carbocycles. The summed E-state index contributed by atoms with van der Waals surface area (Å²) in [4.78, 5) is 14.5. The Morgan fingerprint density at radius 2 is 2.27 bits per heavy atom. The molecule has 0 spiro atoms. The van der Waals surface area contributed by atoms with Gasteiger partial charge in [0, 0.05) is 0 Å². The zero-order valence-corrected chi connectivity index (χ0v) is 7.80. The number of halogens is 3. The summed E-state index contributed by atoms with van der Waals surface area (Å²) in [5.41, 5.74) is -0.422. The van der Waals surface area contributed by atoms with Crippen LogP contribution >= 0.6 is 0 Å². The van der Waals surface area contributed by atoms with Crippen molar-refractivity contribution in [2.24, 2.45) is 0 Å². The van der Waals surface area contributed by atoms with Crippen LogP contribution in [0.15, 0.2) is 10.8 Å². The minimum atomic E-state index is -4.44. The second kappa shape index (κ2) is 4.33. The predicted molar refractivity (Wildman–Crippen MR) is 42.2 cm³/mol. The highest BCUT2D eigenvalue weighted by Crippen LogP contribution is 2.23. The van der Waals surface area contributed by atoms with Gasteiger partial charge in [-0.3, -0.25) is 0 Å². The minimum Gasteiger partial charge on any atom is -0.461 e. The van der Waals surface area contributed by atoms with Crippen LogP contribution in [0.5, 0.6) is 0 Å². The first-order valence-corrected chi connectivity index (χ1v) is 4.10. The van der Waals surface area contributed by atoms with Gasteiger partial charge in [0.2, 0.25) is 0 Å². The number of hydrogen-bond acceptors (Lipinski definition) is 4. The first kappa shape index (κ1) is 11.5. The highest BCUT2D eigenvalue weighted by Gasteiger charge is 2.33. The summed E-state index contributed by atoms with van der Waals surface area (Å²) in [5, 5.41) is 0. The third-order valence-corrected chi connectivity index (χ3v) is 1.47. The standard InChI is InChI=1S/C8H8F3NO3/c1-2-14-7(13)6-5(15-4-12-6)3-8(9,10)11/h4H,2-3H2,1H3. The van der Waals surface area contributed by atoms with E-state index in [-0.39, 0.29) is 6.61 Å². The summed E-state index contributed by atoms with van der Waals surface area (Å²) in [6.07, 6.45) is -4.99. The molecule has 0 amide bonds. The van der Waals surface area contributed by atoms with E-state index in [0.717, 1.165) is 6.39 Å². The van der Waals surface area contributed by atoms with E-state index in [0.29, 0.717) is 0 Å². The van der Waals surface area contributed by atoms with Crippen molar-refractivity contribution in [3.05, 3.63) is 17.8 Å². The number of hydrogen-bond donors (Lipinski definition) is 0. The van der Waals surface area contributed by atoms with Crippen molar-refractivity contribution < 1.29 is 27.1 Å². The summed E-state index contributed by atoms with van der Waals surface area (Å²) in [6, 6.07) is 0. The van der Waals surface area contributed by atoms with E-state index in [2.05, 4.69) is 14.1 Å². The van der Waals surface area contributed by atoms with Crippen LogP contribution in [-0.4, -0.2) is 23.7 Å². The van der Waals surface area contributed by atoms with Crippen molar-refractivity contribution in [3.63, 3.8) is 0 Å². The molecule has 0 fully saturated rings. The number of alkyl halides is 3. The fourth-order valence-electron chi connectivity index (χ4n) is 0.944. The zero-order valence-electron chi connectivity index (χ0n) is 7.80. The van der Waals surface area contributed by atoms with Crippen LogP contribution in [0.1, 0.15) is 23.2 Å². The number of nitrogens with zero attached hydrogens (tertiary/aromatic N) is 1. The summed E-state index contributed by atoms with van der Waals surface area (Å²) in [5.74, 6) is -1.44. The van der Waals surface area contributed by atoms with Gasteiger partial charge in [-0.05, 0) is 6.92 Å². The van der Waals surface area contributed by atoms with Crippen LogP contribution in [0.3, 0.4) is 0 Å². The molecule has 0 saturated carbocycles. The number of esters is 1. The third kappa shape index (κ3) is 3.26. The molecular formula is C8H8F3NO3. The van der Waals surface area contributed by atoms with Gasteiger partial charge in [0.1, 0.15) is 12.2 Å². The highest BCUT2D eigenvalue weighted by atomic mass is 19.4. The van der Waals surface area contributed by atoms with Gasteiger partial charge in [-0.2, -0.15) is 13.2 Å². The molecule has 1 heterocycles. The van der Waals surface area contributed by atoms with E-state index in [1.807, 2.05) is 0 Å². The number of carbonyl (C=O) groups excluding carboxylic acids is 1. The Morgan fingerprint density at radius 1 is 1.60 bits per heavy atom. The first-order valence-electron chi connectivity index (χ1n) is 4.10. The van der Waals surface area contributed by atoms with Gasteiger partial charge in [0.25, 0.3) is 0 Å². The fourth-order valence-corrected chi connectivity index (χ4v) is 0.944. The second-order valence-corrected chi connectivity index (χ2v) is 2.64. The van der Waals surface area contributed by atoms with Crippen molar-refractivity contribution in [2.45, 2.75) is 19.5 Å². The molecule has 0 atom stereocenters. The molecule has 1 aromatic rings. The van der Waals surface area contributed by atoms with Gasteiger partial charge in [-0.15, -0.1) is 0 Å². The maximum absolute atomic E-state index is 12.0. The monoisotopic (exact) mass is 223 g/mol. The van der Waals surface area contributed by atoms with Crippen molar-refractivity contribution in [2.75, 3.05) is 6.61 Å². The van der Waals surface area contributed by atoms with Crippen molar-refractivity contribution in [1.29, 1.82) is 0 Å². The Kier molecular flexibility index (Phi) is 3.33. The van der Waals surface area contributed by atoms with Gasteiger partial charge < -0.3 is 9.15 Å². The van der Waals surface area contributed by atoms with Gasteiger partial charge in [0.15, 0.2) is 12.1 Å².